The van der Waals surface area contributed by atoms with Crippen LogP contribution in [0.25, 0.3) is 0 Å². The van der Waals surface area contributed by atoms with E-state index in [9.17, 15) is 9.59 Å². The first-order chi connectivity index (χ1) is 11.1. The largest absolute Gasteiger partial charge is 0.458 e. The topological polar surface area (TPSA) is 94.2 Å². The third kappa shape index (κ3) is 3.50. The summed E-state index contributed by atoms with van der Waals surface area (Å²) in [4.78, 5) is 23.8. The number of amides is 1. The Balaban J connectivity index is 1.69. The summed E-state index contributed by atoms with van der Waals surface area (Å²) in [6.45, 7) is 0.916. The zero-order valence-corrected chi connectivity index (χ0v) is 12.7. The highest BCUT2D eigenvalue weighted by molar-refractivity contribution is 6.38. The van der Waals surface area contributed by atoms with Crippen molar-refractivity contribution in [2.75, 3.05) is 18.2 Å². The van der Waals surface area contributed by atoms with Crippen LogP contribution in [0.1, 0.15) is 19.3 Å². The lowest BCUT2D eigenvalue weighted by Gasteiger charge is -2.20. The second-order valence-electron chi connectivity index (χ2n) is 5.58. The van der Waals surface area contributed by atoms with Gasteiger partial charge in [-0.3, -0.25) is 9.80 Å². The Kier molecular flexibility index (Phi) is 4.57. The summed E-state index contributed by atoms with van der Waals surface area (Å²) in [7, 11) is 0. The van der Waals surface area contributed by atoms with Crippen LogP contribution in [-0.2, 0) is 19.1 Å². The van der Waals surface area contributed by atoms with Gasteiger partial charge in [-0.2, -0.15) is 5.10 Å². The van der Waals surface area contributed by atoms with Crippen LogP contribution in [0.5, 0.6) is 0 Å². The quantitative estimate of drug-likeness (QED) is 0.812. The number of benzene rings is 1. The second kappa shape index (κ2) is 6.78. The van der Waals surface area contributed by atoms with E-state index in [0.717, 1.165) is 12.8 Å². The van der Waals surface area contributed by atoms with Crippen molar-refractivity contribution in [3.63, 3.8) is 0 Å². The number of para-hydroxylation sites is 1. The summed E-state index contributed by atoms with van der Waals surface area (Å²) < 4.78 is 10.7. The Morgan fingerprint density at radius 1 is 1.35 bits per heavy atom. The minimum Gasteiger partial charge on any atom is -0.458 e. The van der Waals surface area contributed by atoms with Gasteiger partial charge in [0.2, 0.25) is 5.91 Å². The highest BCUT2D eigenvalue weighted by Crippen LogP contribution is 2.24. The standard InChI is InChI=1S/C16H19N3O4/c17-15(20)14-9-13(16(21)23-10-12-7-4-8-22-12)18-19(14)11-5-2-1-3-6-11/h1-3,5-6,12,14H,4,7-10H2,(H2,17,20). The average molecular weight is 317 g/mol. The zero-order valence-electron chi connectivity index (χ0n) is 12.7. The summed E-state index contributed by atoms with van der Waals surface area (Å²) >= 11 is 0. The molecule has 1 aromatic carbocycles. The van der Waals surface area contributed by atoms with Crippen molar-refractivity contribution in [3.8, 4) is 0 Å². The van der Waals surface area contributed by atoms with Gasteiger partial charge < -0.3 is 15.2 Å². The fraction of sp³-hybridized carbons (Fsp3) is 0.438. The Hall–Kier alpha value is -2.41. The van der Waals surface area contributed by atoms with E-state index < -0.39 is 17.9 Å². The molecule has 7 heteroatoms. The molecule has 1 fully saturated rings. The molecule has 23 heavy (non-hydrogen) atoms. The van der Waals surface area contributed by atoms with Gasteiger partial charge in [-0.25, -0.2) is 4.79 Å². The van der Waals surface area contributed by atoms with Crippen LogP contribution in [0.15, 0.2) is 35.4 Å². The summed E-state index contributed by atoms with van der Waals surface area (Å²) in [5, 5.41) is 5.72. The fourth-order valence-electron chi connectivity index (χ4n) is 2.70. The predicted molar refractivity (Wildman–Crippen MR) is 83.9 cm³/mol. The molecule has 0 spiro atoms. The molecule has 0 saturated carbocycles. The van der Waals surface area contributed by atoms with E-state index in [2.05, 4.69) is 5.10 Å². The van der Waals surface area contributed by atoms with Crippen LogP contribution in [0.3, 0.4) is 0 Å². The Morgan fingerprint density at radius 2 is 2.13 bits per heavy atom. The Labute approximate surface area is 134 Å². The maximum atomic E-state index is 12.2. The van der Waals surface area contributed by atoms with Gasteiger partial charge in [-0.05, 0) is 25.0 Å². The number of anilines is 1. The van der Waals surface area contributed by atoms with E-state index in [-0.39, 0.29) is 24.8 Å². The molecule has 122 valence electrons. The minimum atomic E-state index is -0.678. The van der Waals surface area contributed by atoms with Crippen molar-refractivity contribution in [1.82, 2.24) is 0 Å². The van der Waals surface area contributed by atoms with Gasteiger partial charge >= 0.3 is 5.97 Å². The molecule has 7 nitrogen and oxygen atoms in total. The van der Waals surface area contributed by atoms with Crippen molar-refractivity contribution in [2.24, 2.45) is 10.8 Å². The van der Waals surface area contributed by atoms with Gasteiger partial charge in [0.05, 0.1) is 11.8 Å². The van der Waals surface area contributed by atoms with E-state index in [1.807, 2.05) is 18.2 Å². The molecule has 2 aliphatic rings. The normalized spacial score (nSPS) is 23.7. The summed E-state index contributed by atoms with van der Waals surface area (Å²) in [6, 6.07) is 8.45. The van der Waals surface area contributed by atoms with Crippen molar-refractivity contribution in [2.45, 2.75) is 31.4 Å². The number of carbonyl (C=O) groups excluding carboxylic acids is 2. The molecular formula is C16H19N3O4. The van der Waals surface area contributed by atoms with Gasteiger partial charge in [-0.1, -0.05) is 18.2 Å². The van der Waals surface area contributed by atoms with E-state index in [0.29, 0.717) is 12.3 Å². The molecule has 0 radical (unpaired) electrons. The smallest absolute Gasteiger partial charge is 0.354 e. The molecule has 3 rings (SSSR count). The van der Waals surface area contributed by atoms with E-state index in [1.165, 1.54) is 5.01 Å². The third-order valence-electron chi connectivity index (χ3n) is 3.92. The van der Waals surface area contributed by atoms with Crippen molar-refractivity contribution >= 4 is 23.3 Å². The number of hydrogen-bond donors (Lipinski definition) is 1. The molecule has 2 N–H and O–H groups in total. The SMILES string of the molecule is NC(=O)C1CC(C(=O)OCC2CCCO2)=NN1c1ccccc1. The minimum absolute atomic E-state index is 0.0434. The average Bonchev–Trinajstić information content (AvgIpc) is 3.23. The first kappa shape index (κ1) is 15.5. The van der Waals surface area contributed by atoms with Crippen LogP contribution < -0.4 is 10.7 Å². The number of hydrogen-bond acceptors (Lipinski definition) is 6. The first-order valence-electron chi connectivity index (χ1n) is 7.65. The van der Waals surface area contributed by atoms with E-state index in [4.69, 9.17) is 15.2 Å². The molecule has 1 saturated heterocycles. The molecule has 1 amide bonds. The van der Waals surface area contributed by atoms with Crippen LogP contribution >= 0.6 is 0 Å². The number of rotatable bonds is 5. The van der Waals surface area contributed by atoms with Crippen molar-refractivity contribution in [1.29, 1.82) is 0 Å². The predicted octanol–water partition coefficient (Wildman–Crippen LogP) is 0.829. The molecule has 2 unspecified atom stereocenters. The fourth-order valence-corrected chi connectivity index (χ4v) is 2.70. The molecule has 1 aromatic rings. The Bertz CT molecular complexity index is 611. The van der Waals surface area contributed by atoms with Gasteiger partial charge in [0.1, 0.15) is 18.4 Å². The van der Waals surface area contributed by atoms with Gasteiger partial charge in [-0.15, -0.1) is 0 Å². The molecule has 0 aromatic heterocycles. The van der Waals surface area contributed by atoms with Crippen LogP contribution in [0, 0.1) is 0 Å². The molecular weight excluding hydrogens is 298 g/mol. The van der Waals surface area contributed by atoms with Gasteiger partial charge in [0.25, 0.3) is 0 Å². The number of nitrogens with zero attached hydrogens (tertiary/aromatic N) is 2. The molecule has 0 bridgehead atoms. The maximum absolute atomic E-state index is 12.2. The lowest BCUT2D eigenvalue weighted by atomic mass is 10.1. The molecule has 2 heterocycles. The van der Waals surface area contributed by atoms with E-state index in [1.54, 1.807) is 12.1 Å². The van der Waals surface area contributed by atoms with Gasteiger partial charge in [0.15, 0.2) is 0 Å². The number of carbonyl (C=O) groups is 2. The number of primary amides is 1. The van der Waals surface area contributed by atoms with Crippen LogP contribution in [0.2, 0.25) is 0 Å². The summed E-state index contributed by atoms with van der Waals surface area (Å²) in [6.07, 6.45) is 1.97. The monoisotopic (exact) mass is 317 g/mol. The lowest BCUT2D eigenvalue weighted by molar-refractivity contribution is -0.138. The number of hydrazone groups is 1. The number of nitrogens with two attached hydrogens (primary N) is 1. The van der Waals surface area contributed by atoms with Crippen molar-refractivity contribution in [3.05, 3.63) is 30.3 Å². The van der Waals surface area contributed by atoms with E-state index >= 15 is 0 Å². The second-order valence-corrected chi connectivity index (χ2v) is 5.58. The Morgan fingerprint density at radius 3 is 2.78 bits per heavy atom. The maximum Gasteiger partial charge on any atom is 0.354 e. The summed E-state index contributed by atoms with van der Waals surface area (Å²) in [5.74, 6) is -1.05. The molecule has 2 atom stereocenters. The zero-order chi connectivity index (χ0) is 16.2. The summed E-state index contributed by atoms with van der Waals surface area (Å²) in [5.41, 5.74) is 6.35. The molecule has 2 aliphatic heterocycles. The lowest BCUT2D eigenvalue weighted by Crippen LogP contribution is -2.39. The molecule has 0 aliphatic carbocycles. The number of esters is 1. The van der Waals surface area contributed by atoms with Crippen molar-refractivity contribution < 1.29 is 19.1 Å². The van der Waals surface area contributed by atoms with Crippen LogP contribution in [-0.4, -0.2) is 42.9 Å². The highest BCUT2D eigenvalue weighted by atomic mass is 16.6. The first-order valence-corrected chi connectivity index (χ1v) is 7.65. The number of ether oxygens (including phenoxy) is 2. The highest BCUT2D eigenvalue weighted by Gasteiger charge is 2.35. The van der Waals surface area contributed by atoms with Gasteiger partial charge in [0, 0.05) is 13.0 Å². The third-order valence-corrected chi connectivity index (χ3v) is 3.92. The van der Waals surface area contributed by atoms with Crippen LogP contribution in [0.4, 0.5) is 5.69 Å².